The topological polar surface area (TPSA) is 70.1 Å². The maximum atomic E-state index is 13.1. The molecular formula is C25H27ClN2O4. The van der Waals surface area contributed by atoms with Crippen molar-refractivity contribution in [1.29, 1.82) is 0 Å². The molecule has 7 heteroatoms. The largest absolute Gasteiger partial charge is 0.507 e. The zero-order valence-electron chi connectivity index (χ0n) is 18.1. The SMILES string of the molecule is CCOc1cccc(C2/C(=C(\O)c3ccc(Cl)cc3)C(=O)C(=O)N2CCN2CCCC2)c1. The summed E-state index contributed by atoms with van der Waals surface area (Å²) in [6.45, 7) is 5.50. The van der Waals surface area contributed by atoms with Gasteiger partial charge in [-0.2, -0.15) is 0 Å². The molecule has 0 radical (unpaired) electrons. The standard InChI is InChI=1S/C25H27ClN2O4/c1-2-32-20-7-5-6-18(16-20)22-21(23(29)17-8-10-19(26)11-9-17)24(30)25(31)28(22)15-14-27-12-3-4-13-27/h5-11,16,22,29H,2-4,12-15H2,1H3/b23-21+. The maximum absolute atomic E-state index is 13.1. The van der Waals surface area contributed by atoms with E-state index in [2.05, 4.69) is 4.90 Å². The lowest BCUT2D eigenvalue weighted by Crippen LogP contribution is -2.37. The second-order valence-corrected chi connectivity index (χ2v) is 8.49. The Hall–Kier alpha value is -2.83. The molecule has 1 amide bonds. The number of aliphatic hydroxyl groups is 1. The van der Waals surface area contributed by atoms with Gasteiger partial charge in [-0.15, -0.1) is 0 Å². The number of likely N-dealkylation sites (tertiary alicyclic amines) is 2. The Balaban J connectivity index is 1.76. The fraction of sp³-hybridized carbons (Fsp3) is 0.360. The second-order valence-electron chi connectivity index (χ2n) is 8.05. The minimum absolute atomic E-state index is 0.0902. The molecule has 2 aliphatic heterocycles. The number of hydrogen-bond acceptors (Lipinski definition) is 5. The molecular weight excluding hydrogens is 428 g/mol. The normalized spacial score (nSPS) is 20.8. The summed E-state index contributed by atoms with van der Waals surface area (Å²) in [4.78, 5) is 30.0. The zero-order chi connectivity index (χ0) is 22.7. The molecule has 2 heterocycles. The van der Waals surface area contributed by atoms with Gasteiger partial charge in [0.1, 0.15) is 11.5 Å². The van der Waals surface area contributed by atoms with E-state index >= 15 is 0 Å². The lowest BCUT2D eigenvalue weighted by atomic mass is 9.95. The van der Waals surface area contributed by atoms with Crippen molar-refractivity contribution in [2.45, 2.75) is 25.8 Å². The molecule has 0 saturated carbocycles. The first-order valence-corrected chi connectivity index (χ1v) is 11.4. The van der Waals surface area contributed by atoms with E-state index in [9.17, 15) is 14.7 Å². The molecule has 1 atom stereocenters. The van der Waals surface area contributed by atoms with Gasteiger partial charge in [0.2, 0.25) is 0 Å². The first kappa shape index (κ1) is 22.4. The molecule has 2 saturated heterocycles. The summed E-state index contributed by atoms with van der Waals surface area (Å²) >= 11 is 5.98. The molecule has 6 nitrogen and oxygen atoms in total. The highest BCUT2D eigenvalue weighted by molar-refractivity contribution is 6.46. The number of aliphatic hydroxyl groups excluding tert-OH is 1. The lowest BCUT2D eigenvalue weighted by molar-refractivity contribution is -0.140. The quantitative estimate of drug-likeness (QED) is 0.384. The summed E-state index contributed by atoms with van der Waals surface area (Å²) in [7, 11) is 0. The Morgan fingerprint density at radius 2 is 1.81 bits per heavy atom. The molecule has 2 aliphatic rings. The van der Waals surface area contributed by atoms with Crippen molar-refractivity contribution < 1.29 is 19.4 Å². The first-order valence-electron chi connectivity index (χ1n) is 11.0. The van der Waals surface area contributed by atoms with Crippen LogP contribution in [0.1, 0.15) is 36.9 Å². The maximum Gasteiger partial charge on any atom is 0.295 e. The third kappa shape index (κ3) is 4.52. The molecule has 0 spiro atoms. The Labute approximate surface area is 193 Å². The number of halogens is 1. The molecule has 32 heavy (non-hydrogen) atoms. The Kier molecular flexibility index (Phi) is 6.82. The average molecular weight is 455 g/mol. The highest BCUT2D eigenvalue weighted by Crippen LogP contribution is 2.40. The van der Waals surface area contributed by atoms with Gasteiger partial charge in [-0.3, -0.25) is 9.59 Å². The molecule has 168 valence electrons. The van der Waals surface area contributed by atoms with Crippen LogP contribution in [0.3, 0.4) is 0 Å². The summed E-state index contributed by atoms with van der Waals surface area (Å²) in [5.41, 5.74) is 1.26. The summed E-state index contributed by atoms with van der Waals surface area (Å²) < 4.78 is 5.64. The predicted molar refractivity (Wildman–Crippen MR) is 124 cm³/mol. The van der Waals surface area contributed by atoms with E-state index in [1.54, 1.807) is 29.2 Å². The van der Waals surface area contributed by atoms with Crippen molar-refractivity contribution in [1.82, 2.24) is 9.80 Å². The number of carbonyl (C=O) groups excluding carboxylic acids is 2. The number of hydrogen-bond donors (Lipinski definition) is 1. The van der Waals surface area contributed by atoms with Crippen LogP contribution in [-0.4, -0.2) is 59.4 Å². The van der Waals surface area contributed by atoms with Crippen LogP contribution in [0.25, 0.3) is 5.76 Å². The van der Waals surface area contributed by atoms with E-state index in [1.807, 2.05) is 31.2 Å². The second kappa shape index (κ2) is 9.76. The van der Waals surface area contributed by atoms with Gasteiger partial charge < -0.3 is 19.6 Å². The van der Waals surface area contributed by atoms with E-state index in [0.29, 0.717) is 36.0 Å². The predicted octanol–water partition coefficient (Wildman–Crippen LogP) is 4.26. The summed E-state index contributed by atoms with van der Waals surface area (Å²) in [5.74, 6) is -0.811. The molecule has 0 aromatic heterocycles. The van der Waals surface area contributed by atoms with E-state index < -0.39 is 17.7 Å². The fourth-order valence-corrected chi connectivity index (χ4v) is 4.54. The van der Waals surface area contributed by atoms with Gasteiger partial charge >= 0.3 is 0 Å². The lowest BCUT2D eigenvalue weighted by Gasteiger charge is -2.27. The van der Waals surface area contributed by atoms with Crippen molar-refractivity contribution in [3.05, 3.63) is 70.3 Å². The Bertz CT molecular complexity index is 1030. The van der Waals surface area contributed by atoms with E-state index in [4.69, 9.17) is 16.3 Å². The van der Waals surface area contributed by atoms with Crippen LogP contribution in [0, 0.1) is 0 Å². The smallest absolute Gasteiger partial charge is 0.295 e. The molecule has 0 bridgehead atoms. The third-order valence-corrected chi connectivity index (χ3v) is 6.25. The summed E-state index contributed by atoms with van der Waals surface area (Å²) in [6, 6.07) is 13.2. The fourth-order valence-electron chi connectivity index (χ4n) is 4.42. The van der Waals surface area contributed by atoms with Gasteiger partial charge in [0.25, 0.3) is 11.7 Å². The van der Waals surface area contributed by atoms with E-state index in [1.165, 1.54) is 0 Å². The molecule has 2 aromatic rings. The first-order chi connectivity index (χ1) is 15.5. The van der Waals surface area contributed by atoms with Crippen LogP contribution in [0.5, 0.6) is 5.75 Å². The molecule has 4 rings (SSSR count). The van der Waals surface area contributed by atoms with Crippen LogP contribution >= 0.6 is 11.6 Å². The number of nitrogens with zero attached hydrogens (tertiary/aromatic N) is 2. The molecule has 2 aromatic carbocycles. The molecule has 1 N–H and O–H groups in total. The van der Waals surface area contributed by atoms with Crippen molar-refractivity contribution in [2.24, 2.45) is 0 Å². The minimum atomic E-state index is -0.686. The van der Waals surface area contributed by atoms with Crippen molar-refractivity contribution in [2.75, 3.05) is 32.8 Å². The van der Waals surface area contributed by atoms with Gasteiger partial charge in [0.05, 0.1) is 18.2 Å². The van der Waals surface area contributed by atoms with Gasteiger partial charge in [0.15, 0.2) is 0 Å². The van der Waals surface area contributed by atoms with Crippen molar-refractivity contribution in [3.63, 3.8) is 0 Å². The number of ketones is 1. The molecule has 2 fully saturated rings. The van der Waals surface area contributed by atoms with Crippen LogP contribution in [0.2, 0.25) is 5.02 Å². The van der Waals surface area contributed by atoms with Gasteiger partial charge in [-0.05, 0) is 74.8 Å². The zero-order valence-corrected chi connectivity index (χ0v) is 18.8. The van der Waals surface area contributed by atoms with Crippen LogP contribution < -0.4 is 4.74 Å². The molecule has 0 aliphatic carbocycles. The highest BCUT2D eigenvalue weighted by atomic mass is 35.5. The number of rotatable bonds is 7. The summed E-state index contributed by atoms with van der Waals surface area (Å²) in [5, 5.41) is 11.6. The van der Waals surface area contributed by atoms with Crippen LogP contribution in [0.4, 0.5) is 0 Å². The number of carbonyl (C=O) groups is 2. The van der Waals surface area contributed by atoms with Crippen LogP contribution in [0.15, 0.2) is 54.1 Å². The van der Waals surface area contributed by atoms with Gasteiger partial charge in [-0.25, -0.2) is 0 Å². The Morgan fingerprint density at radius 1 is 1.09 bits per heavy atom. The van der Waals surface area contributed by atoms with Gasteiger partial charge in [0, 0.05) is 23.7 Å². The minimum Gasteiger partial charge on any atom is -0.507 e. The Morgan fingerprint density at radius 3 is 2.50 bits per heavy atom. The number of Topliss-reactive ketones (excluding diaryl/α,β-unsaturated/α-hetero) is 1. The van der Waals surface area contributed by atoms with Gasteiger partial charge in [-0.1, -0.05) is 23.7 Å². The van der Waals surface area contributed by atoms with Crippen molar-refractivity contribution in [3.8, 4) is 5.75 Å². The number of ether oxygens (including phenoxy) is 1. The number of benzene rings is 2. The van der Waals surface area contributed by atoms with Crippen molar-refractivity contribution >= 4 is 29.1 Å². The van der Waals surface area contributed by atoms with E-state index in [-0.39, 0.29) is 11.3 Å². The monoisotopic (exact) mass is 454 g/mol. The highest BCUT2D eigenvalue weighted by Gasteiger charge is 2.46. The third-order valence-electron chi connectivity index (χ3n) is 6.00. The average Bonchev–Trinajstić information content (AvgIpc) is 3.40. The molecule has 1 unspecified atom stereocenters. The van der Waals surface area contributed by atoms with E-state index in [0.717, 1.165) is 31.5 Å². The van der Waals surface area contributed by atoms with Crippen LogP contribution in [-0.2, 0) is 9.59 Å². The summed E-state index contributed by atoms with van der Waals surface area (Å²) in [6.07, 6.45) is 2.30. The number of amides is 1.